The normalized spacial score (nSPS) is 14.2. The van der Waals surface area contributed by atoms with E-state index >= 15 is 0 Å². The largest absolute Gasteiger partial charge is 0.484 e. The molecule has 0 saturated carbocycles. The minimum atomic E-state index is -5.94. The molecule has 1 amide bonds. The van der Waals surface area contributed by atoms with E-state index in [1.54, 1.807) is 0 Å². The van der Waals surface area contributed by atoms with Gasteiger partial charge in [-0.05, 0) is 24.3 Å². The molecule has 0 radical (unpaired) electrons. The third-order valence-electron chi connectivity index (χ3n) is 4.04. The van der Waals surface area contributed by atoms with E-state index < -0.39 is 55.4 Å². The number of aromatic nitrogens is 2. The first kappa shape index (κ1) is 23.3. The van der Waals surface area contributed by atoms with Gasteiger partial charge in [0, 0.05) is 0 Å². The molecule has 174 valence electrons. The zero-order valence-corrected chi connectivity index (χ0v) is 15.5. The Labute approximate surface area is 172 Å². The van der Waals surface area contributed by atoms with E-state index in [2.05, 4.69) is 19.8 Å². The van der Waals surface area contributed by atoms with Crippen molar-refractivity contribution in [3.8, 4) is 17.4 Å². The highest BCUT2D eigenvalue weighted by atomic mass is 19.4. The summed E-state index contributed by atoms with van der Waals surface area (Å²) >= 11 is 0. The van der Waals surface area contributed by atoms with Crippen molar-refractivity contribution in [3.63, 3.8) is 0 Å². The number of carbonyl (C=O) groups is 1. The van der Waals surface area contributed by atoms with Crippen molar-refractivity contribution in [2.75, 3.05) is 18.5 Å². The molecular formula is C17H11F8N3O4. The van der Waals surface area contributed by atoms with Crippen LogP contribution in [0.4, 0.5) is 40.9 Å². The zero-order chi connectivity index (χ0) is 23.9. The van der Waals surface area contributed by atoms with Crippen LogP contribution in [0.15, 0.2) is 29.1 Å². The van der Waals surface area contributed by atoms with Crippen LogP contribution in [0, 0.1) is 0 Å². The molecule has 0 aliphatic carbocycles. The number of nitrogens with zero attached hydrogens (tertiary/aromatic N) is 2. The smallest absolute Gasteiger partial charge is 0.456 e. The van der Waals surface area contributed by atoms with Gasteiger partial charge >= 0.3 is 24.3 Å². The van der Waals surface area contributed by atoms with Crippen LogP contribution in [-0.2, 0) is 11.2 Å². The molecule has 3 rings (SSSR count). The quantitative estimate of drug-likeness (QED) is 0.652. The van der Waals surface area contributed by atoms with Gasteiger partial charge in [0.25, 0.3) is 5.56 Å². The van der Waals surface area contributed by atoms with Gasteiger partial charge in [-0.2, -0.15) is 40.1 Å². The van der Waals surface area contributed by atoms with Crippen LogP contribution in [-0.4, -0.2) is 46.9 Å². The molecule has 1 N–H and O–H groups in total. The second-order valence-electron chi connectivity index (χ2n) is 6.48. The number of benzene rings is 1. The molecule has 1 aromatic heterocycles. The minimum absolute atomic E-state index is 0.200. The number of rotatable bonds is 6. The van der Waals surface area contributed by atoms with Gasteiger partial charge < -0.3 is 14.8 Å². The third kappa shape index (κ3) is 4.91. The summed E-state index contributed by atoms with van der Waals surface area (Å²) in [5.41, 5.74) is -1.42. The van der Waals surface area contributed by atoms with Crippen LogP contribution in [0.5, 0.6) is 11.8 Å². The van der Waals surface area contributed by atoms with Crippen LogP contribution in [0.3, 0.4) is 0 Å². The number of halogens is 8. The van der Waals surface area contributed by atoms with Crippen LogP contribution in [0.1, 0.15) is 5.56 Å². The maximum Gasteiger partial charge on any atom is 0.456 e. The highest BCUT2D eigenvalue weighted by molar-refractivity contribution is 5.97. The van der Waals surface area contributed by atoms with Gasteiger partial charge in [0.1, 0.15) is 11.6 Å². The number of anilines is 1. The van der Waals surface area contributed by atoms with Gasteiger partial charge in [-0.1, -0.05) is 0 Å². The van der Waals surface area contributed by atoms with Gasteiger partial charge in [0.15, 0.2) is 13.2 Å². The lowest BCUT2D eigenvalue weighted by Gasteiger charge is -2.21. The van der Waals surface area contributed by atoms with Crippen molar-refractivity contribution in [1.29, 1.82) is 0 Å². The molecule has 0 unspecified atom stereocenters. The van der Waals surface area contributed by atoms with E-state index in [-0.39, 0.29) is 22.8 Å². The summed E-state index contributed by atoms with van der Waals surface area (Å²) in [5, 5.41) is 2.15. The van der Waals surface area contributed by atoms with E-state index in [1.807, 2.05) is 0 Å². The molecule has 0 fully saturated rings. The molecule has 0 saturated heterocycles. The number of carbonyl (C=O) groups excluding carboxylic acids is 1. The second-order valence-corrected chi connectivity index (χ2v) is 6.48. The molecule has 15 heteroatoms. The number of alkyl halides is 8. The SMILES string of the molecule is O=C1Cc2c(nc(OCC(F)(F)C(F)(F)F)n(-c3ccc(OCC(F)(F)F)cc3)c2=O)N1. The Hall–Kier alpha value is -3.39. The lowest BCUT2D eigenvalue weighted by atomic mass is 10.2. The molecule has 7 nitrogen and oxygen atoms in total. The summed E-state index contributed by atoms with van der Waals surface area (Å²) in [6.45, 7) is -3.83. The molecule has 32 heavy (non-hydrogen) atoms. The topological polar surface area (TPSA) is 82.4 Å². The highest BCUT2D eigenvalue weighted by Crippen LogP contribution is 2.36. The lowest BCUT2D eigenvalue weighted by Crippen LogP contribution is -2.42. The first-order chi connectivity index (χ1) is 14.7. The number of amides is 1. The van der Waals surface area contributed by atoms with E-state index in [1.165, 1.54) is 0 Å². The minimum Gasteiger partial charge on any atom is -0.484 e. The number of ether oxygens (including phenoxy) is 2. The average molecular weight is 473 g/mol. The van der Waals surface area contributed by atoms with Crippen LogP contribution in [0.25, 0.3) is 5.69 Å². The van der Waals surface area contributed by atoms with Crippen molar-refractivity contribution in [2.24, 2.45) is 0 Å². The van der Waals surface area contributed by atoms with Gasteiger partial charge in [-0.3, -0.25) is 9.59 Å². The monoisotopic (exact) mass is 473 g/mol. The van der Waals surface area contributed by atoms with Crippen LogP contribution < -0.4 is 20.3 Å². The van der Waals surface area contributed by atoms with E-state index in [0.29, 0.717) is 4.57 Å². The van der Waals surface area contributed by atoms with Crippen LogP contribution >= 0.6 is 0 Å². The average Bonchev–Trinajstić information content (AvgIpc) is 3.05. The lowest BCUT2D eigenvalue weighted by molar-refractivity contribution is -0.290. The van der Waals surface area contributed by atoms with Crippen molar-refractivity contribution >= 4 is 11.7 Å². The molecule has 0 atom stereocenters. The molecule has 0 spiro atoms. The van der Waals surface area contributed by atoms with Crippen molar-refractivity contribution in [2.45, 2.75) is 24.7 Å². The Bertz CT molecular complexity index is 1080. The maximum atomic E-state index is 13.3. The fourth-order valence-corrected chi connectivity index (χ4v) is 2.55. The molecule has 1 aliphatic heterocycles. The van der Waals surface area contributed by atoms with Crippen LogP contribution in [0.2, 0.25) is 0 Å². The standard InChI is InChI=1S/C17H11F8N3O4/c18-15(19,17(23,24)25)6-32-14-27-12-10(5-11(29)26-12)13(30)28(14)8-1-3-9(4-2-8)31-7-16(20,21)22/h1-4H,5-7H2,(H,26,29). The van der Waals surface area contributed by atoms with Gasteiger partial charge in [0.2, 0.25) is 5.91 Å². The predicted molar refractivity (Wildman–Crippen MR) is 90.2 cm³/mol. The predicted octanol–water partition coefficient (Wildman–Crippen LogP) is 3.24. The third-order valence-corrected chi connectivity index (χ3v) is 4.04. The number of hydrogen-bond donors (Lipinski definition) is 1. The summed E-state index contributed by atoms with van der Waals surface area (Å²) in [4.78, 5) is 27.9. The summed E-state index contributed by atoms with van der Waals surface area (Å²) < 4.78 is 110. The second kappa shape index (κ2) is 7.94. The summed E-state index contributed by atoms with van der Waals surface area (Å²) in [5.74, 6) is -6.60. The Kier molecular flexibility index (Phi) is 5.78. The Morgan fingerprint density at radius 2 is 1.56 bits per heavy atom. The zero-order valence-electron chi connectivity index (χ0n) is 15.5. The Morgan fingerprint density at radius 1 is 0.938 bits per heavy atom. The molecular weight excluding hydrogens is 462 g/mol. The van der Waals surface area contributed by atoms with Gasteiger partial charge in [0.05, 0.1) is 17.7 Å². The van der Waals surface area contributed by atoms with Crippen molar-refractivity contribution < 1.29 is 49.4 Å². The van der Waals surface area contributed by atoms with E-state index in [4.69, 9.17) is 0 Å². The molecule has 0 bridgehead atoms. The number of fused-ring (bicyclic) bond motifs is 1. The van der Waals surface area contributed by atoms with Crippen molar-refractivity contribution in [1.82, 2.24) is 9.55 Å². The Morgan fingerprint density at radius 3 is 2.12 bits per heavy atom. The summed E-state index contributed by atoms with van der Waals surface area (Å²) in [6.07, 6.45) is -11.0. The number of hydrogen-bond acceptors (Lipinski definition) is 5. The van der Waals surface area contributed by atoms with E-state index in [9.17, 15) is 44.7 Å². The maximum absolute atomic E-state index is 13.3. The highest BCUT2D eigenvalue weighted by Gasteiger charge is 2.58. The molecule has 1 aliphatic rings. The van der Waals surface area contributed by atoms with Gasteiger partial charge in [-0.15, -0.1) is 0 Å². The fraction of sp³-hybridized carbons (Fsp3) is 0.353. The fourth-order valence-electron chi connectivity index (χ4n) is 2.55. The first-order valence-electron chi connectivity index (χ1n) is 8.51. The summed E-state index contributed by atoms with van der Waals surface area (Å²) in [6, 6.07) is 3.06. The van der Waals surface area contributed by atoms with Crippen molar-refractivity contribution in [3.05, 3.63) is 40.2 Å². The molecule has 2 aromatic rings. The van der Waals surface area contributed by atoms with E-state index in [0.717, 1.165) is 24.3 Å². The Balaban J connectivity index is 1.98. The number of nitrogens with one attached hydrogen (secondary N) is 1. The first-order valence-corrected chi connectivity index (χ1v) is 8.51. The molecule has 2 heterocycles. The molecule has 1 aromatic carbocycles. The summed E-state index contributed by atoms with van der Waals surface area (Å²) in [7, 11) is 0. The van der Waals surface area contributed by atoms with Gasteiger partial charge in [-0.25, -0.2) is 4.57 Å².